The Bertz CT molecular complexity index is 5330. The molecule has 5 nitrogen and oxygen atoms in total. The van der Waals surface area contributed by atoms with E-state index in [0.29, 0.717) is 0 Å². The molecule has 2 aliphatic heterocycles. The SMILES string of the molecule is CC(C)(C)c1ccc2c(c1)c1cc(C(C)(C)C)ccc1n2-c1cc2c3c(c1)N(c1cccc4oc5ccc(-c6ccccc6)cc5c14)c1ccc(-c4ccccc4)cc1B3c1cc(-c3ccccc3)ccc1N2c1cccc2oc3ccc(-c4ccccc4)cc3c12. The average molecular weight is 1180 g/mol. The van der Waals surface area contributed by atoms with Gasteiger partial charge in [0.15, 0.2) is 0 Å². The summed E-state index contributed by atoms with van der Waals surface area (Å²) in [4.78, 5) is 5.17. The first kappa shape index (κ1) is 53.9. The highest BCUT2D eigenvalue weighted by Gasteiger charge is 2.45. The largest absolute Gasteiger partial charge is 0.456 e. The van der Waals surface area contributed by atoms with Gasteiger partial charge in [-0.05, 0) is 180 Å². The molecule has 0 N–H and O–H groups in total. The lowest BCUT2D eigenvalue weighted by molar-refractivity contribution is 0.590. The van der Waals surface area contributed by atoms with Crippen LogP contribution in [0.25, 0.3) is 116 Å². The lowest BCUT2D eigenvalue weighted by Crippen LogP contribution is -2.61. The van der Waals surface area contributed by atoms with Crippen LogP contribution in [0.5, 0.6) is 0 Å². The first-order chi connectivity index (χ1) is 44.9. The van der Waals surface area contributed by atoms with Crippen molar-refractivity contribution < 1.29 is 8.83 Å². The molecule has 0 bridgehead atoms. The molecule has 0 saturated heterocycles. The molecule has 0 fully saturated rings. The van der Waals surface area contributed by atoms with Gasteiger partial charge in [0.2, 0.25) is 0 Å². The molecule has 0 unspecified atom stereocenters. The third kappa shape index (κ3) is 8.40. The highest BCUT2D eigenvalue weighted by Crippen LogP contribution is 2.52. The van der Waals surface area contributed by atoms with E-state index in [4.69, 9.17) is 8.83 Å². The predicted octanol–water partition coefficient (Wildman–Crippen LogP) is 21.9. The monoisotopic (exact) mass is 1180 g/mol. The van der Waals surface area contributed by atoms with Crippen LogP contribution in [0.4, 0.5) is 34.1 Å². The Morgan fingerprint density at radius 1 is 0.283 bits per heavy atom. The summed E-state index contributed by atoms with van der Waals surface area (Å²) < 4.78 is 16.5. The summed E-state index contributed by atoms with van der Waals surface area (Å²) in [6, 6.07) is 104. The van der Waals surface area contributed by atoms with Gasteiger partial charge in [0.25, 0.3) is 6.71 Å². The maximum atomic E-state index is 6.98. The highest BCUT2D eigenvalue weighted by atomic mass is 16.3. The van der Waals surface area contributed by atoms with Gasteiger partial charge in [0.05, 0.1) is 38.9 Å². The van der Waals surface area contributed by atoms with Crippen molar-refractivity contribution in [3.8, 4) is 50.2 Å². The Morgan fingerprint density at radius 3 is 1.05 bits per heavy atom. The van der Waals surface area contributed by atoms with E-state index in [2.05, 4.69) is 335 Å². The molecule has 6 heteroatoms. The van der Waals surface area contributed by atoms with Crippen molar-refractivity contribution in [2.45, 2.75) is 52.4 Å². The summed E-state index contributed by atoms with van der Waals surface area (Å²) in [5.41, 5.74) is 28.5. The Balaban J connectivity index is 1.01. The number of fused-ring (bicyclic) bond motifs is 13. The van der Waals surface area contributed by atoms with Gasteiger partial charge in [-0.1, -0.05) is 224 Å². The van der Waals surface area contributed by atoms with Gasteiger partial charge in [-0.2, -0.15) is 0 Å². The number of aromatic nitrogens is 1. The van der Waals surface area contributed by atoms with Crippen molar-refractivity contribution in [2.75, 3.05) is 9.80 Å². The molecule has 438 valence electrons. The summed E-state index contributed by atoms with van der Waals surface area (Å²) in [6.45, 7) is 13.7. The number of rotatable bonds is 7. The summed E-state index contributed by atoms with van der Waals surface area (Å²) in [7, 11) is 0. The van der Waals surface area contributed by atoms with Crippen LogP contribution in [-0.2, 0) is 10.8 Å². The van der Waals surface area contributed by atoms with Gasteiger partial charge in [-0.25, -0.2) is 0 Å². The Labute approximate surface area is 535 Å². The molecule has 92 heavy (non-hydrogen) atoms. The van der Waals surface area contributed by atoms with Crippen LogP contribution in [0, 0.1) is 0 Å². The van der Waals surface area contributed by atoms with E-state index in [1.165, 1.54) is 49.4 Å². The van der Waals surface area contributed by atoms with Crippen molar-refractivity contribution in [3.63, 3.8) is 0 Å². The van der Waals surface area contributed by atoms with Crippen LogP contribution in [0.15, 0.2) is 288 Å². The normalized spacial score (nSPS) is 13.0. The van der Waals surface area contributed by atoms with Crippen LogP contribution in [-0.4, -0.2) is 11.3 Å². The second-order valence-electron chi connectivity index (χ2n) is 27.2. The zero-order valence-corrected chi connectivity index (χ0v) is 52.3. The van der Waals surface area contributed by atoms with Crippen molar-refractivity contribution in [3.05, 3.63) is 290 Å². The second-order valence-corrected chi connectivity index (χ2v) is 27.2. The summed E-state index contributed by atoms with van der Waals surface area (Å²) in [5, 5.41) is 6.71. The highest BCUT2D eigenvalue weighted by molar-refractivity contribution is 7.00. The smallest absolute Gasteiger partial charge is 0.252 e. The van der Waals surface area contributed by atoms with E-state index in [0.717, 1.165) is 128 Å². The maximum Gasteiger partial charge on any atom is 0.252 e. The molecule has 0 amide bonds. The maximum absolute atomic E-state index is 6.98. The number of furan rings is 2. The lowest BCUT2D eigenvalue weighted by Gasteiger charge is -2.45. The van der Waals surface area contributed by atoms with Crippen LogP contribution >= 0.6 is 0 Å². The van der Waals surface area contributed by atoms with E-state index >= 15 is 0 Å². The van der Waals surface area contributed by atoms with E-state index in [-0.39, 0.29) is 17.5 Å². The molecule has 0 aliphatic carbocycles. The quantitative estimate of drug-likeness (QED) is 0.149. The van der Waals surface area contributed by atoms with Gasteiger partial charge in [0.1, 0.15) is 22.3 Å². The van der Waals surface area contributed by atoms with Gasteiger partial charge < -0.3 is 23.2 Å². The fourth-order valence-corrected chi connectivity index (χ4v) is 15.1. The van der Waals surface area contributed by atoms with Crippen molar-refractivity contribution in [2.24, 2.45) is 0 Å². The van der Waals surface area contributed by atoms with Crippen LogP contribution in [0.2, 0.25) is 0 Å². The molecule has 16 aromatic rings. The van der Waals surface area contributed by atoms with E-state index in [9.17, 15) is 0 Å². The first-order valence-corrected chi connectivity index (χ1v) is 32.2. The average Bonchev–Trinajstić information content (AvgIpc) is 0.846. The van der Waals surface area contributed by atoms with Crippen molar-refractivity contribution in [1.29, 1.82) is 0 Å². The Kier molecular flexibility index (Phi) is 11.8. The van der Waals surface area contributed by atoms with E-state index in [1.807, 2.05) is 0 Å². The van der Waals surface area contributed by atoms with E-state index in [1.54, 1.807) is 0 Å². The first-order valence-electron chi connectivity index (χ1n) is 32.2. The molecular weight excluding hydrogens is 1120 g/mol. The predicted molar refractivity (Wildman–Crippen MR) is 389 cm³/mol. The van der Waals surface area contributed by atoms with Gasteiger partial charge >= 0.3 is 0 Å². The number of nitrogens with zero attached hydrogens (tertiary/aromatic N) is 3. The fourth-order valence-electron chi connectivity index (χ4n) is 15.1. The molecule has 0 atom stereocenters. The minimum Gasteiger partial charge on any atom is -0.456 e. The summed E-state index contributed by atoms with van der Waals surface area (Å²) in [5.74, 6) is 0. The zero-order valence-electron chi connectivity index (χ0n) is 52.3. The van der Waals surface area contributed by atoms with Crippen LogP contribution in [0.3, 0.4) is 0 Å². The Hall–Kier alpha value is -11.1. The standard InChI is InChI=1S/C86H64BN3O2/c1-85(2,3)61-37-41-70-64(49-61)65-50-62(86(4,5)6)38-42-71(65)88(70)63-51-76-84-77(52-63)90(75-30-20-32-81-83(75)67-46-58(36-44-79(67)92-81)54-23-13-8-14-24-54)73-40-34-60(56-27-17-10-18-28-56)48-69(73)87(84)68-47-59(55-25-15-9-16-26-55)33-39-72(68)89(76)74-29-19-31-80-82(74)66-45-57(35-43-78(66)91-80)53-21-11-7-12-22-53/h7-52H,1-6H3. The molecular formula is C86H64BN3O2. The van der Waals surface area contributed by atoms with Crippen LogP contribution < -0.4 is 26.2 Å². The topological polar surface area (TPSA) is 37.7 Å². The van der Waals surface area contributed by atoms with Gasteiger partial charge in [-0.15, -0.1) is 0 Å². The Morgan fingerprint density at radius 2 is 0.663 bits per heavy atom. The molecule has 3 aromatic heterocycles. The van der Waals surface area contributed by atoms with E-state index < -0.39 is 0 Å². The molecule has 18 rings (SSSR count). The minimum absolute atomic E-state index is 0.0714. The lowest BCUT2D eigenvalue weighted by atomic mass is 9.33. The third-order valence-corrected chi connectivity index (χ3v) is 19.7. The minimum atomic E-state index is -0.226. The van der Waals surface area contributed by atoms with Gasteiger partial charge in [0, 0.05) is 44.3 Å². The third-order valence-electron chi connectivity index (χ3n) is 19.7. The molecule has 13 aromatic carbocycles. The molecule has 0 spiro atoms. The van der Waals surface area contributed by atoms with Crippen molar-refractivity contribution in [1.82, 2.24) is 4.57 Å². The number of hydrogen-bond donors (Lipinski definition) is 0. The molecule has 5 heterocycles. The van der Waals surface area contributed by atoms with Gasteiger partial charge in [-0.3, -0.25) is 0 Å². The summed E-state index contributed by atoms with van der Waals surface area (Å²) in [6.07, 6.45) is 0. The molecule has 0 radical (unpaired) electrons. The fraction of sp³-hybridized carbons (Fsp3) is 0.0930. The summed E-state index contributed by atoms with van der Waals surface area (Å²) >= 11 is 0. The molecule has 0 saturated carbocycles. The number of anilines is 6. The zero-order chi connectivity index (χ0) is 61.7. The van der Waals surface area contributed by atoms with Crippen molar-refractivity contribution >= 4 is 123 Å². The number of hydrogen-bond acceptors (Lipinski definition) is 4. The number of benzene rings is 13. The molecule has 2 aliphatic rings. The van der Waals surface area contributed by atoms with Crippen LogP contribution in [0.1, 0.15) is 52.7 Å². The second kappa shape index (κ2) is 20.2.